The zero-order valence-electron chi connectivity index (χ0n) is 19.4. The lowest BCUT2D eigenvalue weighted by atomic mass is 9.76. The first-order valence-electron chi connectivity index (χ1n) is 11.9. The molecule has 3 heterocycles. The van der Waals surface area contributed by atoms with Gasteiger partial charge in [0.15, 0.2) is 0 Å². The molecular weight excluding hydrogens is 392 g/mol. The van der Waals surface area contributed by atoms with Crippen LogP contribution in [0.4, 0.5) is 11.4 Å². The van der Waals surface area contributed by atoms with Crippen LogP contribution in [-0.4, -0.2) is 30.7 Å². The first kappa shape index (κ1) is 20.8. The number of aromatic nitrogens is 1. The van der Waals surface area contributed by atoms with Crippen molar-refractivity contribution >= 4 is 22.3 Å². The predicted molar refractivity (Wildman–Crippen MR) is 132 cm³/mol. The van der Waals surface area contributed by atoms with E-state index in [1.807, 2.05) is 12.1 Å². The average Bonchev–Trinajstić information content (AvgIpc) is 3.14. The minimum atomic E-state index is 0.371. The lowest BCUT2D eigenvalue weighted by Gasteiger charge is -2.40. The van der Waals surface area contributed by atoms with Gasteiger partial charge in [-0.3, -0.25) is 4.98 Å². The SMILES string of the molecule is CC(C)c1ccc(N2CCC3(CC2)C[C@H](C)N(c2ccc(C#N)c4ncccc24)C3)cc1. The van der Waals surface area contributed by atoms with Crippen LogP contribution in [0.25, 0.3) is 10.9 Å². The summed E-state index contributed by atoms with van der Waals surface area (Å²) in [5.41, 5.74) is 5.84. The summed E-state index contributed by atoms with van der Waals surface area (Å²) in [6, 6.07) is 20.1. The minimum Gasteiger partial charge on any atom is -0.371 e. The Labute approximate surface area is 191 Å². The Morgan fingerprint density at radius 1 is 1.06 bits per heavy atom. The molecule has 1 spiro atoms. The maximum Gasteiger partial charge on any atom is 0.101 e. The van der Waals surface area contributed by atoms with E-state index in [1.165, 1.54) is 36.2 Å². The van der Waals surface area contributed by atoms with E-state index in [1.54, 1.807) is 6.20 Å². The first-order valence-corrected chi connectivity index (χ1v) is 11.9. The van der Waals surface area contributed by atoms with Crippen molar-refractivity contribution in [1.82, 2.24) is 4.98 Å². The number of piperidine rings is 1. The van der Waals surface area contributed by atoms with E-state index >= 15 is 0 Å². The second-order valence-corrected chi connectivity index (χ2v) is 10.1. The van der Waals surface area contributed by atoms with E-state index in [9.17, 15) is 5.26 Å². The summed E-state index contributed by atoms with van der Waals surface area (Å²) in [5, 5.41) is 10.6. The number of pyridine rings is 1. The minimum absolute atomic E-state index is 0.371. The van der Waals surface area contributed by atoms with Crippen LogP contribution in [0.3, 0.4) is 0 Å². The number of fused-ring (bicyclic) bond motifs is 1. The predicted octanol–water partition coefficient (Wildman–Crippen LogP) is 6.12. The van der Waals surface area contributed by atoms with Crippen LogP contribution < -0.4 is 9.80 Å². The molecule has 32 heavy (non-hydrogen) atoms. The van der Waals surface area contributed by atoms with Gasteiger partial charge in [0.2, 0.25) is 0 Å². The van der Waals surface area contributed by atoms with E-state index < -0.39 is 0 Å². The molecule has 4 nitrogen and oxygen atoms in total. The highest BCUT2D eigenvalue weighted by atomic mass is 15.2. The second-order valence-electron chi connectivity index (χ2n) is 10.1. The highest BCUT2D eigenvalue weighted by Crippen LogP contribution is 2.46. The van der Waals surface area contributed by atoms with Crippen molar-refractivity contribution in [3.63, 3.8) is 0 Å². The molecule has 3 aromatic rings. The summed E-state index contributed by atoms with van der Waals surface area (Å²) in [4.78, 5) is 9.64. The molecule has 1 atom stereocenters. The third-order valence-corrected chi connectivity index (χ3v) is 7.69. The molecule has 2 fully saturated rings. The van der Waals surface area contributed by atoms with Gasteiger partial charge >= 0.3 is 0 Å². The average molecular weight is 425 g/mol. The summed E-state index contributed by atoms with van der Waals surface area (Å²) in [5.74, 6) is 0.577. The molecule has 2 aromatic carbocycles. The van der Waals surface area contributed by atoms with Crippen LogP contribution in [0.15, 0.2) is 54.7 Å². The Morgan fingerprint density at radius 2 is 1.81 bits per heavy atom. The van der Waals surface area contributed by atoms with Crippen LogP contribution >= 0.6 is 0 Å². The van der Waals surface area contributed by atoms with Gasteiger partial charge in [-0.15, -0.1) is 0 Å². The largest absolute Gasteiger partial charge is 0.371 e. The lowest BCUT2D eigenvalue weighted by Crippen LogP contribution is -2.41. The van der Waals surface area contributed by atoms with Crippen molar-refractivity contribution in [3.05, 3.63) is 65.9 Å². The van der Waals surface area contributed by atoms with Gasteiger partial charge in [-0.1, -0.05) is 26.0 Å². The zero-order valence-corrected chi connectivity index (χ0v) is 19.4. The molecule has 0 unspecified atom stereocenters. The molecular formula is C28H32N4. The fraction of sp³-hybridized carbons (Fsp3) is 0.429. The van der Waals surface area contributed by atoms with Gasteiger partial charge in [-0.25, -0.2) is 0 Å². The molecule has 2 saturated heterocycles. The van der Waals surface area contributed by atoms with Crippen LogP contribution in [0.2, 0.25) is 0 Å². The lowest BCUT2D eigenvalue weighted by molar-refractivity contribution is 0.245. The fourth-order valence-electron chi connectivity index (χ4n) is 5.81. The quantitative estimate of drug-likeness (QED) is 0.508. The highest BCUT2D eigenvalue weighted by molar-refractivity contribution is 5.95. The van der Waals surface area contributed by atoms with E-state index in [-0.39, 0.29) is 0 Å². The number of hydrogen-bond acceptors (Lipinski definition) is 4. The molecule has 2 aliphatic rings. The molecule has 4 heteroatoms. The third kappa shape index (κ3) is 3.60. The molecule has 0 radical (unpaired) electrons. The van der Waals surface area contributed by atoms with Crippen molar-refractivity contribution < 1.29 is 0 Å². The summed E-state index contributed by atoms with van der Waals surface area (Å²) in [7, 11) is 0. The standard InChI is InChI=1S/C28H32N4/c1-20(2)22-6-9-24(10-7-22)31-15-12-28(13-16-31)17-21(3)32(19-28)26-11-8-23(18-29)27-25(26)5-4-14-30-27/h4-11,14,20-21H,12-13,15-17,19H2,1-3H3/t21-/m0/s1. The van der Waals surface area contributed by atoms with Crippen molar-refractivity contribution in [2.24, 2.45) is 5.41 Å². The summed E-state index contributed by atoms with van der Waals surface area (Å²) in [6.07, 6.45) is 5.47. The third-order valence-electron chi connectivity index (χ3n) is 7.69. The van der Waals surface area contributed by atoms with E-state index in [2.05, 4.69) is 78.0 Å². The highest BCUT2D eigenvalue weighted by Gasteiger charge is 2.44. The number of hydrogen-bond donors (Lipinski definition) is 0. The molecule has 164 valence electrons. The maximum absolute atomic E-state index is 9.50. The van der Waals surface area contributed by atoms with Crippen molar-refractivity contribution in [3.8, 4) is 6.07 Å². The van der Waals surface area contributed by atoms with Crippen LogP contribution in [0.1, 0.15) is 57.1 Å². The van der Waals surface area contributed by atoms with Gasteiger partial charge in [-0.2, -0.15) is 5.26 Å². The topological polar surface area (TPSA) is 43.2 Å². The van der Waals surface area contributed by atoms with Gasteiger partial charge in [-0.05, 0) is 79.5 Å². The number of rotatable bonds is 3. The van der Waals surface area contributed by atoms with Gasteiger partial charge < -0.3 is 9.80 Å². The molecule has 0 N–H and O–H groups in total. The normalized spacial score (nSPS) is 20.3. The molecule has 0 bridgehead atoms. The summed E-state index contributed by atoms with van der Waals surface area (Å²) < 4.78 is 0. The molecule has 0 aliphatic carbocycles. The summed E-state index contributed by atoms with van der Waals surface area (Å²) in [6.45, 7) is 10.2. The smallest absolute Gasteiger partial charge is 0.101 e. The van der Waals surface area contributed by atoms with Crippen LogP contribution in [-0.2, 0) is 0 Å². The number of nitriles is 1. The second kappa shape index (κ2) is 8.13. The molecule has 0 amide bonds. The number of nitrogens with zero attached hydrogens (tertiary/aromatic N) is 4. The van der Waals surface area contributed by atoms with E-state index in [0.29, 0.717) is 22.9 Å². The fourth-order valence-corrected chi connectivity index (χ4v) is 5.81. The Kier molecular flexibility index (Phi) is 5.29. The Morgan fingerprint density at radius 3 is 2.50 bits per heavy atom. The van der Waals surface area contributed by atoms with Gasteiger partial charge in [0.25, 0.3) is 0 Å². The Balaban J connectivity index is 1.34. The maximum atomic E-state index is 9.50. The first-order chi connectivity index (χ1) is 15.5. The molecule has 0 saturated carbocycles. The van der Waals surface area contributed by atoms with Crippen molar-refractivity contribution in [2.45, 2.75) is 52.0 Å². The van der Waals surface area contributed by atoms with Gasteiger partial charge in [0.1, 0.15) is 6.07 Å². The van der Waals surface area contributed by atoms with E-state index in [0.717, 1.165) is 30.5 Å². The van der Waals surface area contributed by atoms with Crippen molar-refractivity contribution in [2.75, 3.05) is 29.4 Å². The molecule has 2 aliphatic heterocycles. The van der Waals surface area contributed by atoms with Crippen LogP contribution in [0.5, 0.6) is 0 Å². The zero-order chi connectivity index (χ0) is 22.3. The number of benzene rings is 2. The Bertz CT molecular complexity index is 1150. The monoisotopic (exact) mass is 424 g/mol. The van der Waals surface area contributed by atoms with Gasteiger partial charge in [0, 0.05) is 48.6 Å². The van der Waals surface area contributed by atoms with E-state index in [4.69, 9.17) is 0 Å². The molecule has 1 aromatic heterocycles. The van der Waals surface area contributed by atoms with Crippen LogP contribution in [0, 0.1) is 16.7 Å². The molecule has 5 rings (SSSR count). The van der Waals surface area contributed by atoms with Gasteiger partial charge in [0.05, 0.1) is 11.1 Å². The van der Waals surface area contributed by atoms with Crippen molar-refractivity contribution in [1.29, 1.82) is 5.26 Å². The number of anilines is 2. The Hall–Kier alpha value is -3.06. The summed E-state index contributed by atoms with van der Waals surface area (Å²) >= 11 is 0.